The van der Waals surface area contributed by atoms with Crippen molar-refractivity contribution >= 4 is 0 Å². The molecule has 5 atom stereocenters. The van der Waals surface area contributed by atoms with Crippen molar-refractivity contribution in [2.75, 3.05) is 72.1 Å². The number of aromatic nitrogens is 6. The molecule has 0 spiro atoms. The van der Waals surface area contributed by atoms with E-state index in [1.807, 2.05) is 0 Å². The number of hydrogen-bond acceptors (Lipinski definition) is 14. The van der Waals surface area contributed by atoms with E-state index in [1.54, 1.807) is 0 Å². The van der Waals surface area contributed by atoms with E-state index < -0.39 is 52.5 Å². The minimum atomic E-state index is -1.05. The number of rotatable bonds is 32. The van der Waals surface area contributed by atoms with Gasteiger partial charge in [-0.15, -0.1) is 0 Å². The minimum Gasteiger partial charge on any atom is -0.390 e. The zero-order valence-corrected chi connectivity index (χ0v) is 48.6. The molecule has 2 aromatic heterocycles. The number of aliphatic hydroxyl groups excluding tert-OH is 3. The Balaban J connectivity index is 0.000000576. The second-order valence-electron chi connectivity index (χ2n) is 24.5. The lowest BCUT2D eigenvalue weighted by atomic mass is 10.0. The second-order valence-corrected chi connectivity index (χ2v) is 24.5. The van der Waals surface area contributed by atoms with Gasteiger partial charge in [0.05, 0.1) is 76.5 Å². The van der Waals surface area contributed by atoms with Gasteiger partial charge in [-0.2, -0.15) is 0 Å². The van der Waals surface area contributed by atoms with Crippen LogP contribution in [0.2, 0.25) is 0 Å². The molecule has 0 aliphatic carbocycles. The van der Waals surface area contributed by atoms with Crippen molar-refractivity contribution in [3.8, 4) is 0 Å². The molecule has 0 saturated carbocycles. The summed E-state index contributed by atoms with van der Waals surface area (Å²) >= 11 is 0. The molecule has 0 aromatic carbocycles. The highest BCUT2D eigenvalue weighted by Crippen LogP contribution is 2.13. The Labute approximate surface area is 441 Å². The van der Waals surface area contributed by atoms with Crippen molar-refractivity contribution in [1.82, 2.24) is 42.5 Å². The fourth-order valence-corrected chi connectivity index (χ4v) is 9.18. The summed E-state index contributed by atoms with van der Waals surface area (Å²) in [6, 6.07) is 0. The molecule has 5 unspecified atom stereocenters. The van der Waals surface area contributed by atoms with Crippen LogP contribution in [0, 0.1) is 47.3 Å². The molecule has 4 heterocycles. The van der Waals surface area contributed by atoms with Gasteiger partial charge in [-0.1, -0.05) is 130 Å². The minimum absolute atomic E-state index is 0.100. The molecule has 20 nitrogen and oxygen atoms in total. The SMILES string of the molecule is CC(C)CCCC(C)C.CC(C)CN(CC(C)C)CC(O)Cn1c(=O)n(CC(O)CN(CC(C)C)CC(C)C)c(=O)n(CC(O)CN(CC(C)C)CC(C)C)c1=O.O=c1[nH]c(=O)n(CC2CO2)c(=O)n1CC1CO1. The number of aromatic amines is 1. The maximum Gasteiger partial charge on any atom is 0.336 e. The first-order valence-electron chi connectivity index (χ1n) is 27.8. The van der Waals surface area contributed by atoms with Gasteiger partial charge in [-0.05, 0) is 47.3 Å². The Morgan fingerprint density at radius 2 is 0.635 bits per heavy atom. The summed E-state index contributed by atoms with van der Waals surface area (Å²) in [5.74, 6) is 3.94. The first kappa shape index (κ1) is 66.6. The fourth-order valence-electron chi connectivity index (χ4n) is 9.18. The average Bonchev–Trinajstić information content (AvgIpc) is 4.19. The summed E-state index contributed by atoms with van der Waals surface area (Å²) in [5, 5.41) is 33.6. The molecule has 20 heteroatoms. The van der Waals surface area contributed by atoms with Crippen LogP contribution in [-0.4, -0.2) is 160 Å². The predicted molar refractivity (Wildman–Crippen MR) is 294 cm³/mol. The first-order chi connectivity index (χ1) is 34.5. The Kier molecular flexibility index (Phi) is 29.7. The van der Waals surface area contributed by atoms with Crippen LogP contribution in [0.25, 0.3) is 0 Å². The van der Waals surface area contributed by atoms with Crippen molar-refractivity contribution in [3.05, 3.63) is 62.9 Å². The van der Waals surface area contributed by atoms with Gasteiger partial charge in [-0.3, -0.25) is 4.98 Å². The highest BCUT2D eigenvalue weighted by Gasteiger charge is 2.29. The molecular formula is C54H103N9O11. The molecule has 430 valence electrons. The van der Waals surface area contributed by atoms with Gasteiger partial charge in [-0.25, -0.2) is 51.6 Å². The van der Waals surface area contributed by atoms with E-state index >= 15 is 0 Å². The van der Waals surface area contributed by atoms with Crippen molar-refractivity contribution in [2.24, 2.45) is 47.3 Å². The van der Waals surface area contributed by atoms with Crippen LogP contribution in [0.1, 0.15) is 130 Å². The van der Waals surface area contributed by atoms with E-state index in [0.29, 0.717) is 48.7 Å². The first-order valence-corrected chi connectivity index (χ1v) is 27.8. The molecular weight excluding hydrogens is 951 g/mol. The Morgan fingerprint density at radius 1 is 0.405 bits per heavy atom. The summed E-state index contributed by atoms with van der Waals surface area (Å²) in [7, 11) is 0. The number of nitrogens with zero attached hydrogens (tertiary/aromatic N) is 8. The summed E-state index contributed by atoms with van der Waals surface area (Å²) in [6.07, 6.45) is 0.854. The quantitative estimate of drug-likeness (QED) is 0.0772. The highest BCUT2D eigenvalue weighted by atomic mass is 16.6. The summed E-state index contributed by atoms with van der Waals surface area (Å²) < 4.78 is 14.6. The van der Waals surface area contributed by atoms with Crippen LogP contribution in [0.3, 0.4) is 0 Å². The molecule has 2 aliphatic heterocycles. The zero-order valence-electron chi connectivity index (χ0n) is 48.6. The van der Waals surface area contributed by atoms with Crippen LogP contribution >= 0.6 is 0 Å². The topological polar surface area (TPSA) is 238 Å². The smallest absolute Gasteiger partial charge is 0.336 e. The number of aliphatic hydroxyl groups is 3. The maximum atomic E-state index is 13.8. The third-order valence-electron chi connectivity index (χ3n) is 12.0. The van der Waals surface area contributed by atoms with Gasteiger partial charge in [0.15, 0.2) is 0 Å². The maximum absolute atomic E-state index is 13.8. The molecule has 4 N–H and O–H groups in total. The lowest BCUT2D eigenvalue weighted by Gasteiger charge is -2.29. The predicted octanol–water partition coefficient (Wildman–Crippen LogP) is 3.06. The Bertz CT molecular complexity index is 2000. The van der Waals surface area contributed by atoms with Gasteiger partial charge >= 0.3 is 34.1 Å². The summed E-state index contributed by atoms with van der Waals surface area (Å²) in [4.78, 5) is 84.8. The molecule has 2 aromatic rings. The normalized spacial score (nSPS) is 16.9. The Morgan fingerprint density at radius 3 is 0.838 bits per heavy atom. The van der Waals surface area contributed by atoms with Crippen LogP contribution in [0.15, 0.2) is 28.8 Å². The van der Waals surface area contributed by atoms with E-state index in [9.17, 15) is 44.1 Å². The molecule has 0 radical (unpaired) electrons. The van der Waals surface area contributed by atoms with Gasteiger partial charge in [0.2, 0.25) is 0 Å². The van der Waals surface area contributed by atoms with Gasteiger partial charge < -0.3 is 39.5 Å². The van der Waals surface area contributed by atoms with E-state index in [1.165, 1.54) is 19.3 Å². The molecule has 4 rings (SSSR count). The van der Waals surface area contributed by atoms with Gasteiger partial charge in [0.25, 0.3) is 0 Å². The van der Waals surface area contributed by atoms with Crippen LogP contribution in [0.4, 0.5) is 0 Å². The van der Waals surface area contributed by atoms with E-state index in [0.717, 1.165) is 73.9 Å². The van der Waals surface area contributed by atoms with Gasteiger partial charge in [0, 0.05) is 58.9 Å². The molecule has 0 amide bonds. The highest BCUT2D eigenvalue weighted by molar-refractivity contribution is 4.85. The van der Waals surface area contributed by atoms with Crippen LogP contribution in [0.5, 0.6) is 0 Å². The number of nitrogens with one attached hydrogen (secondary N) is 1. The number of ether oxygens (including phenoxy) is 2. The van der Waals surface area contributed by atoms with Crippen molar-refractivity contribution in [2.45, 2.75) is 193 Å². The number of hydrogen-bond donors (Lipinski definition) is 4. The molecule has 74 heavy (non-hydrogen) atoms. The van der Waals surface area contributed by atoms with Crippen molar-refractivity contribution in [3.63, 3.8) is 0 Å². The summed E-state index contributed by atoms with van der Waals surface area (Å²) in [5.41, 5.74) is -4.59. The van der Waals surface area contributed by atoms with E-state index in [2.05, 4.69) is 130 Å². The monoisotopic (exact) mass is 1050 g/mol. The largest absolute Gasteiger partial charge is 0.390 e. The Hall–Kier alpha value is -3.50. The van der Waals surface area contributed by atoms with Crippen molar-refractivity contribution in [1.29, 1.82) is 0 Å². The van der Waals surface area contributed by atoms with E-state index in [-0.39, 0.29) is 64.6 Å². The third-order valence-corrected chi connectivity index (χ3v) is 12.0. The third kappa shape index (κ3) is 26.5. The van der Waals surface area contributed by atoms with Crippen LogP contribution in [-0.2, 0) is 42.2 Å². The average molecular weight is 1050 g/mol. The number of epoxide rings is 2. The summed E-state index contributed by atoms with van der Waals surface area (Å²) in [6.45, 7) is 40.1. The molecule has 2 aliphatic rings. The molecule has 2 saturated heterocycles. The molecule has 0 bridgehead atoms. The lowest BCUT2D eigenvalue weighted by Crippen LogP contribution is -2.58. The fraction of sp³-hybridized carbons (Fsp3) is 0.889. The lowest BCUT2D eigenvalue weighted by molar-refractivity contribution is 0.0713. The van der Waals surface area contributed by atoms with Crippen molar-refractivity contribution < 1.29 is 24.8 Å². The molecule has 2 fully saturated rings. The second kappa shape index (κ2) is 32.9. The standard InChI is InChI=1S/C36H72N6O6.C9H11N3O5.C9H20/c1-25(2)13-37(14-26(3)4)19-31(43)22-40-34(46)41(23-32(44)20-38(15-27(5)6)16-28(7)8)36(48)42(35(40)47)24-33(45)21-39(17-29(9)10)18-30(11)12;13-7-10-8(14)12(2-6-4-17-6)9(15)11(7)1-5-3-16-5;1-8(2)6-5-7-9(3)4/h25-33,43-45H,13-24H2,1-12H3;5-6H,1-4H2,(H,10,13,14);8-9H,5-7H2,1-4H3. The number of H-pyrrole nitrogens is 1. The van der Waals surface area contributed by atoms with Gasteiger partial charge in [0.1, 0.15) is 0 Å². The van der Waals surface area contributed by atoms with Crippen LogP contribution < -0.4 is 34.1 Å². The van der Waals surface area contributed by atoms with E-state index in [4.69, 9.17) is 9.47 Å². The zero-order chi connectivity index (χ0) is 56.1.